The topological polar surface area (TPSA) is 123 Å². The van der Waals surface area contributed by atoms with E-state index in [1.54, 1.807) is 42.5 Å². The summed E-state index contributed by atoms with van der Waals surface area (Å²) in [7, 11) is 0. The fourth-order valence-corrected chi connectivity index (χ4v) is 4.37. The number of nitrogens with zero attached hydrogens (tertiary/aromatic N) is 3. The van der Waals surface area contributed by atoms with Crippen molar-refractivity contribution in [2.45, 2.75) is 23.8 Å². The zero-order valence-electron chi connectivity index (χ0n) is 16.4. The summed E-state index contributed by atoms with van der Waals surface area (Å²) in [5.41, 5.74) is 2.71. The molecule has 30 heavy (non-hydrogen) atoms. The van der Waals surface area contributed by atoms with Crippen LogP contribution in [-0.2, 0) is 0 Å². The number of pyridine rings is 2. The van der Waals surface area contributed by atoms with Crippen LogP contribution in [0.3, 0.4) is 0 Å². The van der Waals surface area contributed by atoms with Gasteiger partial charge in [0.25, 0.3) is 5.91 Å². The van der Waals surface area contributed by atoms with Gasteiger partial charge in [0.1, 0.15) is 5.65 Å². The highest BCUT2D eigenvalue weighted by Crippen LogP contribution is 2.40. The molecule has 2 amide bonds. The molecule has 1 aliphatic rings. The van der Waals surface area contributed by atoms with Crippen LogP contribution in [0.2, 0.25) is 0 Å². The Morgan fingerprint density at radius 1 is 1.37 bits per heavy atom. The number of piperidine rings is 1. The molecule has 4 rings (SSSR count). The fourth-order valence-electron chi connectivity index (χ4n) is 3.79. The first kappa shape index (κ1) is 20.0. The van der Waals surface area contributed by atoms with Crippen LogP contribution in [0.1, 0.15) is 23.2 Å². The lowest BCUT2D eigenvalue weighted by Gasteiger charge is -2.35. The molecule has 156 valence electrons. The van der Waals surface area contributed by atoms with Crippen LogP contribution in [0.25, 0.3) is 11.0 Å². The Hall–Kier alpha value is -3.27. The number of amides is 2. The van der Waals surface area contributed by atoms with Gasteiger partial charge in [-0.05, 0) is 31.2 Å². The molecule has 4 heterocycles. The molecule has 9 nitrogen and oxygen atoms in total. The van der Waals surface area contributed by atoms with E-state index in [1.165, 1.54) is 6.20 Å². The molecule has 0 bridgehead atoms. The van der Waals surface area contributed by atoms with Gasteiger partial charge in [0, 0.05) is 48.8 Å². The van der Waals surface area contributed by atoms with E-state index < -0.39 is 6.09 Å². The number of carboxylic acid groups (broad SMARTS) is 1. The number of hydrogen-bond donors (Lipinski definition) is 4. The molecule has 0 aliphatic carbocycles. The molecule has 1 fully saturated rings. The smallest absolute Gasteiger partial charge is 0.404 e. The molecular formula is C20H22N6O3S. The highest BCUT2D eigenvalue weighted by Gasteiger charge is 2.26. The predicted molar refractivity (Wildman–Crippen MR) is 116 cm³/mol. The van der Waals surface area contributed by atoms with Crippen LogP contribution in [0.15, 0.2) is 41.8 Å². The van der Waals surface area contributed by atoms with E-state index in [9.17, 15) is 9.59 Å². The molecule has 1 saturated heterocycles. The van der Waals surface area contributed by atoms with E-state index in [-0.39, 0.29) is 11.9 Å². The van der Waals surface area contributed by atoms with Crippen molar-refractivity contribution in [2.75, 3.05) is 29.6 Å². The summed E-state index contributed by atoms with van der Waals surface area (Å²) in [6.07, 6.45) is 9.29. The van der Waals surface area contributed by atoms with Crippen LogP contribution in [0.4, 0.5) is 16.2 Å². The van der Waals surface area contributed by atoms with Gasteiger partial charge in [-0.2, -0.15) is 0 Å². The number of carbonyl (C=O) groups is 2. The minimum atomic E-state index is -1.02. The lowest BCUT2D eigenvalue weighted by atomic mass is 10.0. The maximum atomic E-state index is 12.7. The van der Waals surface area contributed by atoms with Crippen molar-refractivity contribution in [3.05, 3.63) is 42.5 Å². The Labute approximate surface area is 177 Å². The van der Waals surface area contributed by atoms with Crippen LogP contribution in [0.5, 0.6) is 0 Å². The molecular weight excluding hydrogens is 404 g/mol. The van der Waals surface area contributed by atoms with Gasteiger partial charge >= 0.3 is 6.09 Å². The van der Waals surface area contributed by atoms with Gasteiger partial charge in [-0.15, -0.1) is 11.8 Å². The Kier molecular flexibility index (Phi) is 5.75. The molecule has 10 heteroatoms. The van der Waals surface area contributed by atoms with Gasteiger partial charge < -0.3 is 25.6 Å². The molecule has 0 saturated carbocycles. The standard InChI is InChI=1S/C20H22N6O3S/c1-30-15-10-23-18-16(17(15)26-7-3-5-13(11-26)24-20(28)29)14(9-22-18)25-19(27)12-4-2-6-21-8-12/h2,4,6,8-10,13,24H,3,5,7,11H2,1H3,(H,22,23)(H,25,27)(H,28,29). The molecule has 4 N–H and O–H groups in total. The number of rotatable bonds is 5. The lowest BCUT2D eigenvalue weighted by Crippen LogP contribution is -2.47. The maximum Gasteiger partial charge on any atom is 0.404 e. The number of anilines is 2. The third-order valence-electron chi connectivity index (χ3n) is 5.10. The van der Waals surface area contributed by atoms with E-state index in [1.807, 2.05) is 6.26 Å². The number of nitrogens with one attached hydrogen (secondary N) is 3. The number of carbonyl (C=O) groups excluding carboxylic acids is 1. The average molecular weight is 427 g/mol. The average Bonchev–Trinajstić information content (AvgIpc) is 3.16. The van der Waals surface area contributed by atoms with Crippen molar-refractivity contribution >= 4 is 46.2 Å². The Morgan fingerprint density at radius 2 is 2.23 bits per heavy atom. The van der Waals surface area contributed by atoms with Gasteiger partial charge in [-0.25, -0.2) is 9.78 Å². The van der Waals surface area contributed by atoms with Crippen molar-refractivity contribution in [1.82, 2.24) is 20.3 Å². The molecule has 0 spiro atoms. The maximum absolute atomic E-state index is 12.7. The Morgan fingerprint density at radius 3 is 2.97 bits per heavy atom. The number of fused-ring (bicyclic) bond motifs is 1. The normalized spacial score (nSPS) is 16.4. The van der Waals surface area contributed by atoms with E-state index >= 15 is 0 Å². The predicted octanol–water partition coefficient (Wildman–Crippen LogP) is 3.17. The Balaban J connectivity index is 1.72. The van der Waals surface area contributed by atoms with Gasteiger partial charge in [-0.3, -0.25) is 9.78 Å². The molecule has 1 aliphatic heterocycles. The largest absolute Gasteiger partial charge is 0.465 e. The third kappa shape index (κ3) is 4.04. The summed E-state index contributed by atoms with van der Waals surface area (Å²) >= 11 is 1.57. The van der Waals surface area contributed by atoms with Crippen molar-refractivity contribution < 1.29 is 14.7 Å². The molecule has 3 aromatic rings. The van der Waals surface area contributed by atoms with Crippen molar-refractivity contribution in [1.29, 1.82) is 0 Å². The number of aromatic nitrogens is 3. The molecule has 3 aromatic heterocycles. The quantitative estimate of drug-likeness (QED) is 0.462. The van der Waals surface area contributed by atoms with Gasteiger partial charge in [0.15, 0.2) is 0 Å². The van der Waals surface area contributed by atoms with Crippen molar-refractivity contribution in [3.63, 3.8) is 0 Å². The summed E-state index contributed by atoms with van der Waals surface area (Å²) in [5.74, 6) is -0.256. The Bertz CT molecular complexity index is 1070. The summed E-state index contributed by atoms with van der Waals surface area (Å²) < 4.78 is 0. The van der Waals surface area contributed by atoms with E-state index in [2.05, 4.69) is 30.5 Å². The van der Waals surface area contributed by atoms with Crippen LogP contribution >= 0.6 is 11.8 Å². The fraction of sp³-hybridized carbons (Fsp3) is 0.300. The first-order valence-electron chi connectivity index (χ1n) is 9.56. The minimum Gasteiger partial charge on any atom is -0.465 e. The van der Waals surface area contributed by atoms with Crippen LogP contribution in [0, 0.1) is 0 Å². The zero-order valence-corrected chi connectivity index (χ0v) is 17.2. The summed E-state index contributed by atoms with van der Waals surface area (Å²) in [5, 5.41) is 15.5. The number of hydrogen-bond acceptors (Lipinski definition) is 6. The molecule has 1 atom stereocenters. The first-order chi connectivity index (χ1) is 14.6. The summed E-state index contributed by atoms with van der Waals surface area (Å²) in [6, 6.07) is 3.27. The molecule has 1 unspecified atom stereocenters. The highest BCUT2D eigenvalue weighted by molar-refractivity contribution is 7.98. The highest BCUT2D eigenvalue weighted by atomic mass is 32.2. The third-order valence-corrected chi connectivity index (χ3v) is 5.84. The van der Waals surface area contributed by atoms with Crippen LogP contribution in [-0.4, -0.2) is 57.4 Å². The second-order valence-corrected chi connectivity index (χ2v) is 7.88. The summed E-state index contributed by atoms with van der Waals surface area (Å²) in [6.45, 7) is 1.35. The number of thioether (sulfide) groups is 1. The minimum absolute atomic E-state index is 0.151. The summed E-state index contributed by atoms with van der Waals surface area (Å²) in [4.78, 5) is 38.6. The van der Waals surface area contributed by atoms with Crippen molar-refractivity contribution in [3.8, 4) is 0 Å². The lowest BCUT2D eigenvalue weighted by molar-refractivity contribution is 0.102. The molecule has 0 aromatic carbocycles. The molecule has 0 radical (unpaired) electrons. The van der Waals surface area contributed by atoms with Gasteiger partial charge in [-0.1, -0.05) is 0 Å². The SMILES string of the molecule is CSc1cnc2[nH]cc(NC(=O)c3cccnc3)c2c1N1CCCC(NC(=O)O)C1. The second kappa shape index (κ2) is 8.62. The van der Waals surface area contributed by atoms with Gasteiger partial charge in [0.2, 0.25) is 0 Å². The first-order valence-corrected chi connectivity index (χ1v) is 10.8. The zero-order chi connectivity index (χ0) is 21.1. The number of aromatic amines is 1. The van der Waals surface area contributed by atoms with E-state index in [0.717, 1.165) is 35.4 Å². The van der Waals surface area contributed by atoms with Crippen LogP contribution < -0.4 is 15.5 Å². The van der Waals surface area contributed by atoms with Crippen molar-refractivity contribution in [2.24, 2.45) is 0 Å². The number of H-pyrrole nitrogens is 1. The van der Waals surface area contributed by atoms with Gasteiger partial charge in [0.05, 0.1) is 22.3 Å². The second-order valence-electron chi connectivity index (χ2n) is 7.03. The monoisotopic (exact) mass is 426 g/mol. The van der Waals surface area contributed by atoms with E-state index in [0.29, 0.717) is 23.4 Å². The van der Waals surface area contributed by atoms with E-state index in [4.69, 9.17) is 5.11 Å².